The number of piperidine rings is 1. The van der Waals surface area contributed by atoms with E-state index in [0.717, 1.165) is 25.9 Å². The van der Waals surface area contributed by atoms with Gasteiger partial charge >= 0.3 is 6.61 Å². The van der Waals surface area contributed by atoms with Crippen molar-refractivity contribution in [2.75, 3.05) is 13.1 Å². The number of benzene rings is 1. The monoisotopic (exact) mass is 399 g/mol. The van der Waals surface area contributed by atoms with Crippen molar-refractivity contribution < 1.29 is 18.3 Å². The van der Waals surface area contributed by atoms with E-state index in [4.69, 9.17) is 11.6 Å². The van der Waals surface area contributed by atoms with Crippen molar-refractivity contribution in [2.45, 2.75) is 39.0 Å². The zero-order chi connectivity index (χ0) is 19.4. The van der Waals surface area contributed by atoms with Crippen LogP contribution in [0.4, 0.5) is 8.78 Å². The summed E-state index contributed by atoms with van der Waals surface area (Å²) in [7, 11) is 0. The second kappa shape index (κ2) is 8.62. The molecule has 1 aliphatic rings. The molecule has 3 rings (SSSR count). The first kappa shape index (κ1) is 19.5. The van der Waals surface area contributed by atoms with Gasteiger partial charge in [0.25, 0.3) is 5.91 Å². The van der Waals surface area contributed by atoms with Crippen molar-refractivity contribution in [1.29, 1.82) is 0 Å². The fraction of sp³-hybridized carbons (Fsp3) is 0.471. The molecule has 2 heterocycles. The Hall–Kier alpha value is -2.26. The van der Waals surface area contributed by atoms with Gasteiger partial charge in [0.15, 0.2) is 5.69 Å². The van der Waals surface area contributed by atoms with E-state index in [1.165, 1.54) is 18.2 Å². The largest absolute Gasteiger partial charge is 0.434 e. The number of ether oxygens (including phenoxy) is 1. The highest BCUT2D eigenvalue weighted by molar-refractivity contribution is 6.30. The number of hydrogen-bond acceptors (Lipinski definition) is 5. The molecule has 1 amide bonds. The molecule has 0 spiro atoms. The SMILES string of the molecule is Cc1c(C(=O)NCc2cc(Cl)ccc2OC(F)F)nnn1C1CCNCC1. The summed E-state index contributed by atoms with van der Waals surface area (Å²) >= 11 is 5.91. The van der Waals surface area contributed by atoms with E-state index in [9.17, 15) is 13.6 Å². The Bertz CT molecular complexity index is 809. The van der Waals surface area contributed by atoms with Crippen LogP contribution in [0.2, 0.25) is 5.02 Å². The number of nitrogens with one attached hydrogen (secondary N) is 2. The van der Waals surface area contributed by atoms with Gasteiger partial charge in [-0.25, -0.2) is 4.68 Å². The molecular formula is C17H20ClF2N5O2. The van der Waals surface area contributed by atoms with Crippen molar-refractivity contribution in [3.63, 3.8) is 0 Å². The molecular weight excluding hydrogens is 380 g/mol. The van der Waals surface area contributed by atoms with Gasteiger partial charge in [0.1, 0.15) is 5.75 Å². The summed E-state index contributed by atoms with van der Waals surface area (Å²) in [6.45, 7) is 0.594. The molecule has 0 radical (unpaired) electrons. The molecule has 2 aromatic rings. The van der Waals surface area contributed by atoms with E-state index in [1.807, 2.05) is 0 Å². The molecule has 146 valence electrons. The highest BCUT2D eigenvalue weighted by Gasteiger charge is 2.23. The maximum Gasteiger partial charge on any atom is 0.387 e. The van der Waals surface area contributed by atoms with Crippen LogP contribution in [0, 0.1) is 6.92 Å². The summed E-state index contributed by atoms with van der Waals surface area (Å²) in [5.74, 6) is -0.472. The zero-order valence-electron chi connectivity index (χ0n) is 14.7. The Labute approximate surface area is 160 Å². The first-order valence-corrected chi connectivity index (χ1v) is 8.97. The molecule has 0 aliphatic carbocycles. The number of carbonyl (C=O) groups is 1. The van der Waals surface area contributed by atoms with Crippen LogP contribution >= 0.6 is 11.6 Å². The predicted octanol–water partition coefficient (Wildman–Crippen LogP) is 2.70. The molecule has 0 unspecified atom stereocenters. The van der Waals surface area contributed by atoms with Crippen molar-refractivity contribution >= 4 is 17.5 Å². The Morgan fingerprint density at radius 1 is 1.44 bits per heavy atom. The molecule has 0 saturated carbocycles. The number of hydrogen-bond donors (Lipinski definition) is 2. The third kappa shape index (κ3) is 4.72. The summed E-state index contributed by atoms with van der Waals surface area (Å²) in [5.41, 5.74) is 1.24. The Kier molecular flexibility index (Phi) is 6.22. The minimum Gasteiger partial charge on any atom is -0.434 e. The van der Waals surface area contributed by atoms with Gasteiger partial charge in [-0.05, 0) is 51.1 Å². The zero-order valence-corrected chi connectivity index (χ0v) is 15.5. The molecule has 1 saturated heterocycles. The van der Waals surface area contributed by atoms with Crippen LogP contribution in [0.25, 0.3) is 0 Å². The Morgan fingerprint density at radius 3 is 2.89 bits per heavy atom. The first-order valence-electron chi connectivity index (χ1n) is 8.59. The molecule has 1 fully saturated rings. The second-order valence-electron chi connectivity index (χ2n) is 6.26. The van der Waals surface area contributed by atoms with Gasteiger partial charge in [-0.3, -0.25) is 4.79 Å². The quantitative estimate of drug-likeness (QED) is 0.780. The van der Waals surface area contributed by atoms with Crippen molar-refractivity contribution in [3.8, 4) is 5.75 Å². The molecule has 27 heavy (non-hydrogen) atoms. The highest BCUT2D eigenvalue weighted by atomic mass is 35.5. The summed E-state index contributed by atoms with van der Waals surface area (Å²) in [6.07, 6.45) is 1.84. The number of alkyl halides is 2. The van der Waals surface area contributed by atoms with Crippen LogP contribution in [0.1, 0.15) is 40.6 Å². The number of aromatic nitrogens is 3. The van der Waals surface area contributed by atoms with Crippen molar-refractivity contribution in [1.82, 2.24) is 25.6 Å². The lowest BCUT2D eigenvalue weighted by Crippen LogP contribution is -2.30. The molecule has 1 aromatic heterocycles. The number of amides is 1. The minimum absolute atomic E-state index is 0.0267. The number of rotatable bonds is 6. The topological polar surface area (TPSA) is 81.1 Å². The third-order valence-electron chi connectivity index (χ3n) is 4.48. The van der Waals surface area contributed by atoms with Gasteiger partial charge < -0.3 is 15.4 Å². The smallest absolute Gasteiger partial charge is 0.387 e. The van der Waals surface area contributed by atoms with Crippen LogP contribution in [0.15, 0.2) is 18.2 Å². The van der Waals surface area contributed by atoms with Crippen LogP contribution in [-0.2, 0) is 6.54 Å². The standard InChI is InChI=1S/C17H20ClF2N5O2/c1-10-15(23-24-25(10)13-4-6-21-7-5-13)16(26)22-9-11-8-12(18)2-3-14(11)27-17(19)20/h2-3,8,13,17,21H,4-7,9H2,1H3,(H,22,26). The maximum absolute atomic E-state index is 12.5. The maximum atomic E-state index is 12.5. The number of nitrogens with zero attached hydrogens (tertiary/aromatic N) is 3. The lowest BCUT2D eigenvalue weighted by Gasteiger charge is -2.23. The van der Waals surface area contributed by atoms with Gasteiger partial charge in [-0.1, -0.05) is 16.8 Å². The Balaban J connectivity index is 1.70. The molecule has 7 nitrogen and oxygen atoms in total. The lowest BCUT2D eigenvalue weighted by atomic mass is 10.1. The van der Waals surface area contributed by atoms with Crippen molar-refractivity contribution in [2.24, 2.45) is 0 Å². The predicted molar refractivity (Wildman–Crippen MR) is 95.2 cm³/mol. The molecule has 1 aliphatic heterocycles. The van der Waals surface area contributed by atoms with Crippen LogP contribution in [-0.4, -0.2) is 40.6 Å². The molecule has 10 heteroatoms. The third-order valence-corrected chi connectivity index (χ3v) is 4.71. The number of carbonyl (C=O) groups excluding carboxylic acids is 1. The van der Waals surface area contributed by atoms with E-state index < -0.39 is 12.5 Å². The fourth-order valence-corrected chi connectivity index (χ4v) is 3.30. The second-order valence-corrected chi connectivity index (χ2v) is 6.70. The summed E-state index contributed by atoms with van der Waals surface area (Å²) in [4.78, 5) is 12.5. The van der Waals surface area contributed by atoms with Crippen molar-refractivity contribution in [3.05, 3.63) is 40.2 Å². The normalized spacial score (nSPS) is 15.1. The van der Waals surface area contributed by atoms with E-state index in [1.54, 1.807) is 11.6 Å². The summed E-state index contributed by atoms with van der Waals surface area (Å²) < 4.78 is 31.3. The van der Waals surface area contributed by atoms with E-state index in [0.29, 0.717) is 16.3 Å². The number of halogens is 3. The van der Waals surface area contributed by atoms with Crippen LogP contribution in [0.3, 0.4) is 0 Å². The Morgan fingerprint density at radius 2 is 2.19 bits per heavy atom. The van der Waals surface area contributed by atoms with Gasteiger partial charge in [-0.15, -0.1) is 5.10 Å². The molecule has 1 aromatic carbocycles. The molecule has 2 N–H and O–H groups in total. The van der Waals surface area contributed by atoms with Crippen LogP contribution < -0.4 is 15.4 Å². The van der Waals surface area contributed by atoms with Gasteiger partial charge in [0.2, 0.25) is 0 Å². The van der Waals surface area contributed by atoms with E-state index in [2.05, 4.69) is 25.7 Å². The van der Waals surface area contributed by atoms with E-state index in [-0.39, 0.29) is 24.0 Å². The van der Waals surface area contributed by atoms with Gasteiger partial charge in [0.05, 0.1) is 11.7 Å². The fourth-order valence-electron chi connectivity index (χ4n) is 3.11. The van der Waals surface area contributed by atoms with E-state index >= 15 is 0 Å². The average Bonchev–Trinajstić information content (AvgIpc) is 3.03. The summed E-state index contributed by atoms with van der Waals surface area (Å²) in [6, 6.07) is 4.46. The van der Waals surface area contributed by atoms with Crippen LogP contribution in [0.5, 0.6) is 5.75 Å². The minimum atomic E-state index is -2.97. The van der Waals surface area contributed by atoms with Gasteiger partial charge in [0, 0.05) is 17.1 Å². The summed E-state index contributed by atoms with van der Waals surface area (Å²) in [5, 5.41) is 14.4. The van der Waals surface area contributed by atoms with Gasteiger partial charge in [-0.2, -0.15) is 8.78 Å². The molecule has 0 bridgehead atoms. The average molecular weight is 400 g/mol. The molecule has 0 atom stereocenters. The first-order chi connectivity index (χ1) is 13.0. The lowest BCUT2D eigenvalue weighted by molar-refractivity contribution is -0.0504. The highest BCUT2D eigenvalue weighted by Crippen LogP contribution is 2.25.